The zero-order valence-corrected chi connectivity index (χ0v) is 21.1. The zero-order chi connectivity index (χ0) is 26.6. The third-order valence-corrected chi connectivity index (χ3v) is 5.50. The van der Waals surface area contributed by atoms with Crippen molar-refractivity contribution in [2.45, 2.75) is 45.8 Å². The molecule has 0 fully saturated rings. The van der Waals surface area contributed by atoms with Crippen molar-refractivity contribution in [3.63, 3.8) is 0 Å². The molecule has 37 heavy (non-hydrogen) atoms. The van der Waals surface area contributed by atoms with Crippen LogP contribution in [0.4, 0.5) is 10.1 Å². The van der Waals surface area contributed by atoms with Crippen LogP contribution in [0.3, 0.4) is 0 Å². The number of nitrogens with zero attached hydrogens (tertiary/aromatic N) is 6. The van der Waals surface area contributed by atoms with E-state index < -0.39 is 17.5 Å². The highest BCUT2D eigenvalue weighted by Gasteiger charge is 2.35. The molecular formula is C27H28FN7O2. The van der Waals surface area contributed by atoms with Gasteiger partial charge < -0.3 is 5.32 Å². The Kier molecular flexibility index (Phi) is 7.37. The fourth-order valence-electron chi connectivity index (χ4n) is 3.87. The summed E-state index contributed by atoms with van der Waals surface area (Å²) in [6.07, 6.45) is 3.17. The van der Waals surface area contributed by atoms with Crippen molar-refractivity contribution >= 4 is 17.5 Å². The molecule has 2 aromatic carbocycles. The number of tetrazole rings is 1. The van der Waals surface area contributed by atoms with E-state index in [1.54, 1.807) is 30.6 Å². The Balaban J connectivity index is 1.73. The lowest BCUT2D eigenvalue weighted by molar-refractivity contribution is -0.128. The maximum atomic E-state index is 13.9. The van der Waals surface area contributed by atoms with Gasteiger partial charge >= 0.3 is 0 Å². The maximum absolute atomic E-state index is 13.9. The Morgan fingerprint density at radius 3 is 2.35 bits per heavy atom. The van der Waals surface area contributed by atoms with E-state index in [1.165, 1.54) is 29.2 Å². The van der Waals surface area contributed by atoms with Crippen LogP contribution in [0.2, 0.25) is 0 Å². The van der Waals surface area contributed by atoms with E-state index in [2.05, 4.69) is 25.7 Å². The third-order valence-electron chi connectivity index (χ3n) is 5.50. The number of nitrogens with one attached hydrogen (secondary N) is 1. The van der Waals surface area contributed by atoms with Crippen LogP contribution in [-0.2, 0) is 16.1 Å². The zero-order valence-electron chi connectivity index (χ0n) is 21.1. The molecule has 1 atom stereocenters. The highest BCUT2D eigenvalue weighted by Crippen LogP contribution is 2.31. The summed E-state index contributed by atoms with van der Waals surface area (Å²) < 4.78 is 13.3. The van der Waals surface area contributed by atoms with Gasteiger partial charge in [0.2, 0.25) is 11.7 Å². The first-order chi connectivity index (χ1) is 17.6. The molecule has 190 valence electrons. The summed E-state index contributed by atoms with van der Waals surface area (Å²) in [5.41, 5.74) is 2.04. The Labute approximate surface area is 214 Å². The molecule has 0 aliphatic rings. The summed E-state index contributed by atoms with van der Waals surface area (Å²) in [5, 5.41) is 15.3. The highest BCUT2D eigenvalue weighted by molar-refractivity contribution is 6.01. The first-order valence-corrected chi connectivity index (χ1v) is 11.8. The Bertz CT molecular complexity index is 1380. The monoisotopic (exact) mass is 501 g/mol. The van der Waals surface area contributed by atoms with Gasteiger partial charge in [0.1, 0.15) is 18.4 Å². The lowest BCUT2D eigenvalue weighted by Crippen LogP contribution is -2.50. The van der Waals surface area contributed by atoms with Crippen LogP contribution in [0.1, 0.15) is 37.9 Å². The number of benzene rings is 2. The molecule has 0 bridgehead atoms. The van der Waals surface area contributed by atoms with Crippen LogP contribution in [0.25, 0.3) is 11.4 Å². The molecule has 0 spiro atoms. The largest absolute Gasteiger partial charge is 0.349 e. The van der Waals surface area contributed by atoms with Crippen molar-refractivity contribution in [1.82, 2.24) is 30.5 Å². The third kappa shape index (κ3) is 6.21. The molecule has 1 N–H and O–H groups in total. The minimum atomic E-state index is -0.976. The summed E-state index contributed by atoms with van der Waals surface area (Å²) in [5.74, 6) is -0.876. The Morgan fingerprint density at radius 1 is 1.03 bits per heavy atom. The average molecular weight is 502 g/mol. The van der Waals surface area contributed by atoms with Crippen molar-refractivity contribution in [2.24, 2.45) is 0 Å². The van der Waals surface area contributed by atoms with Crippen LogP contribution in [-0.4, -0.2) is 42.5 Å². The van der Waals surface area contributed by atoms with Gasteiger partial charge in [-0.2, -0.15) is 4.80 Å². The number of halogens is 1. The van der Waals surface area contributed by atoms with E-state index >= 15 is 0 Å². The van der Waals surface area contributed by atoms with Gasteiger partial charge in [-0.05, 0) is 86.5 Å². The van der Waals surface area contributed by atoms with Crippen LogP contribution in [0, 0.1) is 12.7 Å². The first kappa shape index (κ1) is 25.6. The molecule has 9 nitrogen and oxygen atoms in total. The molecule has 0 radical (unpaired) electrons. The number of hydrogen-bond acceptors (Lipinski definition) is 6. The molecule has 0 aliphatic heterocycles. The second-order valence-electron chi connectivity index (χ2n) is 9.62. The number of carbonyl (C=O) groups is 2. The van der Waals surface area contributed by atoms with Gasteiger partial charge in [0.25, 0.3) is 5.91 Å². The van der Waals surface area contributed by atoms with E-state index in [1.807, 2.05) is 45.9 Å². The Morgan fingerprint density at radius 2 is 1.70 bits per heavy atom. The number of hydrogen-bond donors (Lipinski definition) is 1. The topological polar surface area (TPSA) is 106 Å². The molecule has 0 saturated heterocycles. The van der Waals surface area contributed by atoms with Gasteiger partial charge in [-0.1, -0.05) is 18.2 Å². The van der Waals surface area contributed by atoms with Crippen LogP contribution >= 0.6 is 0 Å². The lowest BCUT2D eigenvalue weighted by atomic mass is 10.0. The van der Waals surface area contributed by atoms with Crippen molar-refractivity contribution in [3.8, 4) is 11.4 Å². The smallest absolute Gasteiger partial charge is 0.251 e. The molecular weight excluding hydrogens is 473 g/mol. The van der Waals surface area contributed by atoms with E-state index in [-0.39, 0.29) is 24.1 Å². The molecule has 2 heterocycles. The van der Waals surface area contributed by atoms with Crippen molar-refractivity contribution in [2.75, 3.05) is 4.90 Å². The van der Waals surface area contributed by atoms with E-state index in [0.717, 1.165) is 10.4 Å². The second-order valence-corrected chi connectivity index (χ2v) is 9.62. The van der Waals surface area contributed by atoms with Gasteiger partial charge in [0.05, 0.1) is 0 Å². The molecule has 2 amide bonds. The maximum Gasteiger partial charge on any atom is 0.251 e. The van der Waals surface area contributed by atoms with Gasteiger partial charge in [-0.15, -0.1) is 10.2 Å². The summed E-state index contributed by atoms with van der Waals surface area (Å²) >= 11 is 0. The molecule has 4 aromatic rings. The number of anilines is 1. The van der Waals surface area contributed by atoms with Crippen molar-refractivity contribution in [3.05, 3.63) is 90.0 Å². The van der Waals surface area contributed by atoms with Crippen LogP contribution in [0.5, 0.6) is 0 Å². The number of carbonyl (C=O) groups excluding carboxylic acids is 2. The SMILES string of the molecule is Cc1ccccc1N(C(=O)Cn1nnc(-c2ccc(F)cc2)n1)[C@H](C(=O)NC(C)(C)C)c1ccncc1. The quantitative estimate of drug-likeness (QED) is 0.412. The second kappa shape index (κ2) is 10.7. The van der Waals surface area contributed by atoms with Crippen LogP contribution < -0.4 is 10.2 Å². The first-order valence-electron chi connectivity index (χ1n) is 11.8. The Hall–Kier alpha value is -4.47. The number of amides is 2. The minimum Gasteiger partial charge on any atom is -0.349 e. The molecule has 10 heteroatoms. The number of para-hydroxylation sites is 1. The lowest BCUT2D eigenvalue weighted by Gasteiger charge is -2.34. The predicted molar refractivity (Wildman–Crippen MR) is 137 cm³/mol. The fourth-order valence-corrected chi connectivity index (χ4v) is 3.87. The van der Waals surface area contributed by atoms with Gasteiger partial charge in [0.15, 0.2) is 0 Å². The van der Waals surface area contributed by atoms with E-state index in [0.29, 0.717) is 16.8 Å². The minimum absolute atomic E-state index is 0.256. The standard InChI is InChI=1S/C27H28FN7O2/c1-18-7-5-6-8-22(18)35(24(19-13-15-29-16-14-19)26(37)30-27(2,3)4)23(36)17-34-32-25(31-33-34)20-9-11-21(28)12-10-20/h5-16,24H,17H2,1-4H3,(H,30,37)/t24-/m0/s1. The number of aromatic nitrogens is 5. The van der Waals surface area contributed by atoms with Gasteiger partial charge in [-0.25, -0.2) is 4.39 Å². The van der Waals surface area contributed by atoms with Crippen molar-refractivity contribution in [1.29, 1.82) is 0 Å². The number of pyridine rings is 1. The summed E-state index contributed by atoms with van der Waals surface area (Å²) in [7, 11) is 0. The number of aryl methyl sites for hydroxylation is 1. The molecule has 4 rings (SSSR count). The molecule has 0 unspecified atom stereocenters. The normalized spacial score (nSPS) is 12.1. The van der Waals surface area contributed by atoms with E-state index in [4.69, 9.17) is 0 Å². The van der Waals surface area contributed by atoms with Crippen molar-refractivity contribution < 1.29 is 14.0 Å². The number of rotatable bonds is 7. The van der Waals surface area contributed by atoms with E-state index in [9.17, 15) is 14.0 Å². The summed E-state index contributed by atoms with van der Waals surface area (Å²) in [6, 6.07) is 15.5. The average Bonchev–Trinajstić information content (AvgIpc) is 3.31. The van der Waals surface area contributed by atoms with Crippen LogP contribution in [0.15, 0.2) is 73.1 Å². The summed E-state index contributed by atoms with van der Waals surface area (Å²) in [6.45, 7) is 7.24. The van der Waals surface area contributed by atoms with Gasteiger partial charge in [-0.3, -0.25) is 19.5 Å². The highest BCUT2D eigenvalue weighted by atomic mass is 19.1. The molecule has 0 aliphatic carbocycles. The summed E-state index contributed by atoms with van der Waals surface area (Å²) in [4.78, 5) is 34.2. The molecule has 0 saturated carbocycles. The fraction of sp³-hybridized carbons (Fsp3) is 0.259. The molecule has 2 aromatic heterocycles. The van der Waals surface area contributed by atoms with Gasteiger partial charge in [0, 0.05) is 29.2 Å². The predicted octanol–water partition coefficient (Wildman–Crippen LogP) is 3.87.